The molecule has 106 valence electrons. The molecule has 4 nitrogen and oxygen atoms in total. The maximum Gasteiger partial charge on any atom is 0.573 e. The number of primary amides is 1. The highest BCUT2D eigenvalue weighted by Gasteiger charge is 2.30. The normalized spacial score (nSPS) is 11.3. The van der Waals surface area contributed by atoms with Gasteiger partial charge in [-0.3, -0.25) is 4.79 Å². The van der Waals surface area contributed by atoms with E-state index in [9.17, 15) is 18.0 Å². The predicted molar refractivity (Wildman–Crippen MR) is 63.3 cm³/mol. The number of alkyl halides is 3. The molecule has 0 aliphatic heterocycles. The zero-order valence-electron chi connectivity index (χ0n) is 10.2. The van der Waals surface area contributed by atoms with Gasteiger partial charge in [0.05, 0.1) is 0 Å². The monoisotopic (exact) mass is 276 g/mol. The number of hydrogen-bond acceptors (Lipinski definition) is 3. The van der Waals surface area contributed by atoms with E-state index in [0.29, 0.717) is 25.9 Å². The number of ether oxygens (including phenoxy) is 1. The summed E-state index contributed by atoms with van der Waals surface area (Å²) in [6.07, 6.45) is -3.73. The Kier molecular flexibility index (Phi) is 5.62. The Morgan fingerprint density at radius 3 is 2.42 bits per heavy atom. The first-order valence-electron chi connectivity index (χ1n) is 5.70. The van der Waals surface area contributed by atoms with Crippen LogP contribution in [0, 0.1) is 0 Å². The lowest BCUT2D eigenvalue weighted by molar-refractivity contribution is -0.274. The van der Waals surface area contributed by atoms with Crippen LogP contribution >= 0.6 is 0 Å². The molecule has 1 rings (SSSR count). The summed E-state index contributed by atoms with van der Waals surface area (Å²) in [4.78, 5) is 10.5. The van der Waals surface area contributed by atoms with Crippen LogP contribution < -0.4 is 15.8 Å². The van der Waals surface area contributed by atoms with Crippen molar-refractivity contribution in [2.75, 3.05) is 6.54 Å². The molecule has 0 aliphatic carbocycles. The second-order valence-electron chi connectivity index (χ2n) is 3.94. The molecule has 0 atom stereocenters. The number of carbonyl (C=O) groups excluding carboxylic acids is 1. The zero-order chi connectivity index (χ0) is 14.3. The molecule has 0 saturated heterocycles. The van der Waals surface area contributed by atoms with Gasteiger partial charge in [0.25, 0.3) is 0 Å². The molecular formula is C12H15F3N2O2. The number of nitrogens with one attached hydrogen (secondary N) is 1. The number of amides is 1. The van der Waals surface area contributed by atoms with E-state index in [2.05, 4.69) is 10.1 Å². The third-order valence-corrected chi connectivity index (χ3v) is 2.26. The smallest absolute Gasteiger partial charge is 0.406 e. The van der Waals surface area contributed by atoms with E-state index in [1.807, 2.05) is 0 Å². The van der Waals surface area contributed by atoms with E-state index in [1.54, 1.807) is 12.1 Å². The predicted octanol–water partition coefficient (Wildman–Crippen LogP) is 1.94. The molecule has 0 spiro atoms. The molecule has 0 unspecified atom stereocenters. The van der Waals surface area contributed by atoms with Crippen LogP contribution in [0.15, 0.2) is 24.3 Å². The van der Waals surface area contributed by atoms with Crippen LogP contribution in [-0.4, -0.2) is 18.8 Å². The summed E-state index contributed by atoms with van der Waals surface area (Å²) in [7, 11) is 0. The average molecular weight is 276 g/mol. The fourth-order valence-electron chi connectivity index (χ4n) is 1.43. The topological polar surface area (TPSA) is 64.4 Å². The van der Waals surface area contributed by atoms with Crippen LogP contribution in [0.2, 0.25) is 0 Å². The molecule has 1 aromatic carbocycles. The number of halogens is 3. The SMILES string of the molecule is NC(=O)CCCNCc1ccc(OC(F)(F)F)cc1. The van der Waals surface area contributed by atoms with Gasteiger partial charge in [0.15, 0.2) is 0 Å². The molecule has 7 heteroatoms. The Balaban J connectivity index is 2.30. The molecule has 0 heterocycles. The number of hydrogen-bond donors (Lipinski definition) is 2. The van der Waals surface area contributed by atoms with Gasteiger partial charge >= 0.3 is 6.36 Å². The zero-order valence-corrected chi connectivity index (χ0v) is 10.2. The Morgan fingerprint density at radius 2 is 1.89 bits per heavy atom. The Morgan fingerprint density at radius 1 is 1.26 bits per heavy atom. The van der Waals surface area contributed by atoms with Gasteiger partial charge in [-0.05, 0) is 30.7 Å². The van der Waals surface area contributed by atoms with E-state index in [4.69, 9.17) is 5.73 Å². The van der Waals surface area contributed by atoms with Gasteiger partial charge < -0.3 is 15.8 Å². The summed E-state index contributed by atoms with van der Waals surface area (Å²) >= 11 is 0. The highest BCUT2D eigenvalue weighted by atomic mass is 19.4. The van der Waals surface area contributed by atoms with Gasteiger partial charge in [-0.1, -0.05) is 12.1 Å². The Bertz CT molecular complexity index is 404. The molecular weight excluding hydrogens is 261 g/mol. The van der Waals surface area contributed by atoms with Crippen LogP contribution in [0.3, 0.4) is 0 Å². The largest absolute Gasteiger partial charge is 0.573 e. The molecule has 0 radical (unpaired) electrons. The van der Waals surface area contributed by atoms with Crippen molar-refractivity contribution in [2.45, 2.75) is 25.7 Å². The second-order valence-corrected chi connectivity index (χ2v) is 3.94. The summed E-state index contributed by atoms with van der Waals surface area (Å²) in [6.45, 7) is 1.12. The van der Waals surface area contributed by atoms with Crippen LogP contribution in [0.25, 0.3) is 0 Å². The summed E-state index contributed by atoms with van der Waals surface area (Å²) < 4.78 is 39.5. The van der Waals surface area contributed by atoms with Crippen molar-refractivity contribution in [3.05, 3.63) is 29.8 Å². The number of nitrogens with two attached hydrogens (primary N) is 1. The minimum Gasteiger partial charge on any atom is -0.406 e. The molecule has 0 fully saturated rings. The van der Waals surface area contributed by atoms with E-state index >= 15 is 0 Å². The van der Waals surface area contributed by atoms with E-state index in [1.165, 1.54) is 12.1 Å². The first-order valence-corrected chi connectivity index (χ1v) is 5.70. The molecule has 0 saturated carbocycles. The van der Waals surface area contributed by atoms with Gasteiger partial charge in [-0.15, -0.1) is 13.2 Å². The average Bonchev–Trinajstić information content (AvgIpc) is 2.28. The van der Waals surface area contributed by atoms with E-state index in [0.717, 1.165) is 5.56 Å². The molecule has 0 aliphatic rings. The lowest BCUT2D eigenvalue weighted by Gasteiger charge is -2.09. The van der Waals surface area contributed by atoms with Gasteiger partial charge in [-0.2, -0.15) is 0 Å². The minimum absolute atomic E-state index is 0.245. The molecule has 19 heavy (non-hydrogen) atoms. The molecule has 1 aromatic rings. The van der Waals surface area contributed by atoms with Crippen LogP contribution in [-0.2, 0) is 11.3 Å². The Hall–Kier alpha value is -1.76. The van der Waals surface area contributed by atoms with Crippen molar-refractivity contribution in [3.8, 4) is 5.75 Å². The maximum absolute atomic E-state index is 11.9. The lowest BCUT2D eigenvalue weighted by Crippen LogP contribution is -2.18. The number of rotatable bonds is 7. The minimum atomic E-state index is -4.67. The van der Waals surface area contributed by atoms with Crippen LogP contribution in [0.4, 0.5) is 13.2 Å². The van der Waals surface area contributed by atoms with Crippen molar-refractivity contribution in [3.63, 3.8) is 0 Å². The van der Waals surface area contributed by atoms with Crippen molar-refractivity contribution < 1.29 is 22.7 Å². The van der Waals surface area contributed by atoms with E-state index < -0.39 is 6.36 Å². The van der Waals surface area contributed by atoms with Crippen LogP contribution in [0.5, 0.6) is 5.75 Å². The van der Waals surface area contributed by atoms with Gasteiger partial charge in [0, 0.05) is 13.0 Å². The molecule has 0 bridgehead atoms. The van der Waals surface area contributed by atoms with Crippen LogP contribution in [0.1, 0.15) is 18.4 Å². The van der Waals surface area contributed by atoms with Gasteiger partial charge in [0.1, 0.15) is 5.75 Å². The fourth-order valence-corrected chi connectivity index (χ4v) is 1.43. The lowest BCUT2D eigenvalue weighted by atomic mass is 10.2. The standard InChI is InChI=1S/C12H15F3N2O2/c13-12(14,15)19-10-5-3-9(4-6-10)8-17-7-1-2-11(16)18/h3-6,17H,1-2,7-8H2,(H2,16,18). The molecule has 0 aromatic heterocycles. The van der Waals surface area contributed by atoms with Gasteiger partial charge in [0.2, 0.25) is 5.91 Å². The highest BCUT2D eigenvalue weighted by Crippen LogP contribution is 2.22. The molecule has 1 amide bonds. The van der Waals surface area contributed by atoms with E-state index in [-0.39, 0.29) is 11.7 Å². The highest BCUT2D eigenvalue weighted by molar-refractivity contribution is 5.73. The van der Waals surface area contributed by atoms with Gasteiger partial charge in [-0.25, -0.2) is 0 Å². The number of benzene rings is 1. The fraction of sp³-hybridized carbons (Fsp3) is 0.417. The second kappa shape index (κ2) is 6.98. The van der Waals surface area contributed by atoms with Crippen molar-refractivity contribution in [1.82, 2.24) is 5.32 Å². The quantitative estimate of drug-likeness (QED) is 0.748. The maximum atomic E-state index is 11.9. The van der Waals surface area contributed by atoms with Crippen molar-refractivity contribution in [2.24, 2.45) is 5.73 Å². The van der Waals surface area contributed by atoms with Crippen molar-refractivity contribution in [1.29, 1.82) is 0 Å². The third kappa shape index (κ3) is 7.30. The Labute approximate surface area is 108 Å². The number of carbonyl (C=O) groups is 1. The van der Waals surface area contributed by atoms with Crippen molar-refractivity contribution >= 4 is 5.91 Å². The summed E-state index contributed by atoms with van der Waals surface area (Å²) in [6, 6.07) is 5.60. The first-order chi connectivity index (χ1) is 8.87. The molecule has 3 N–H and O–H groups in total. The third-order valence-electron chi connectivity index (χ3n) is 2.26. The summed E-state index contributed by atoms with van der Waals surface area (Å²) in [5.41, 5.74) is 5.81. The first kappa shape index (κ1) is 15.3. The summed E-state index contributed by atoms with van der Waals surface area (Å²) in [5, 5.41) is 3.05. The summed E-state index contributed by atoms with van der Waals surface area (Å²) in [5.74, 6) is -0.597.